The van der Waals surface area contributed by atoms with Crippen LogP contribution in [0, 0.1) is 5.82 Å². The Labute approximate surface area is 215 Å². The first-order chi connectivity index (χ1) is 17.5. The fourth-order valence-electron chi connectivity index (χ4n) is 4.48. The first-order valence-corrected chi connectivity index (χ1v) is 12.5. The highest BCUT2D eigenvalue weighted by Gasteiger charge is 2.28. The molecule has 0 spiro atoms. The molecule has 5 rings (SSSR count). The third kappa shape index (κ3) is 5.55. The number of anilines is 4. The largest absolute Gasteiger partial charge is 0.384 e. The second-order valence-corrected chi connectivity index (χ2v) is 10.7. The molecular formula is C27H32FN7O2. The summed E-state index contributed by atoms with van der Waals surface area (Å²) in [6.45, 7) is 8.14. The number of benzene rings is 1. The zero-order chi connectivity index (χ0) is 26.4. The third-order valence-electron chi connectivity index (χ3n) is 6.61. The van der Waals surface area contributed by atoms with Gasteiger partial charge in [0.15, 0.2) is 0 Å². The molecule has 2 aliphatic rings. The predicted molar refractivity (Wildman–Crippen MR) is 140 cm³/mol. The van der Waals surface area contributed by atoms with Crippen molar-refractivity contribution < 1.29 is 14.3 Å². The Hall–Kier alpha value is -3.63. The van der Waals surface area contributed by atoms with Crippen molar-refractivity contribution in [2.45, 2.75) is 64.1 Å². The monoisotopic (exact) mass is 505 g/mol. The molecule has 0 unspecified atom stereocenters. The van der Waals surface area contributed by atoms with Crippen LogP contribution in [0.2, 0.25) is 0 Å². The molecule has 2 aromatic heterocycles. The van der Waals surface area contributed by atoms with Gasteiger partial charge >= 0.3 is 0 Å². The number of nitrogens with zero attached hydrogens (tertiary/aromatic N) is 3. The Bertz CT molecular complexity index is 1350. The van der Waals surface area contributed by atoms with Crippen LogP contribution in [0.1, 0.15) is 67.7 Å². The summed E-state index contributed by atoms with van der Waals surface area (Å²) < 4.78 is 14.3. The van der Waals surface area contributed by atoms with Crippen LogP contribution in [0.3, 0.4) is 0 Å². The summed E-state index contributed by atoms with van der Waals surface area (Å²) >= 11 is 0. The number of halogens is 1. The lowest BCUT2D eigenvalue weighted by Gasteiger charge is -2.34. The third-order valence-corrected chi connectivity index (χ3v) is 6.61. The molecule has 1 aliphatic heterocycles. The number of aliphatic hydroxyl groups is 1. The van der Waals surface area contributed by atoms with Gasteiger partial charge in [-0.25, -0.2) is 14.4 Å². The quantitative estimate of drug-likeness (QED) is 0.326. The molecule has 0 saturated heterocycles. The molecule has 1 aliphatic carbocycles. The molecule has 1 aromatic carbocycles. The number of hydrogen-bond donors (Lipinski definition) is 5. The number of nitrogens with one attached hydrogen (secondary N) is 4. The summed E-state index contributed by atoms with van der Waals surface area (Å²) in [6, 6.07) is 8.98. The number of aromatic nitrogens is 3. The van der Waals surface area contributed by atoms with Crippen molar-refractivity contribution in [1.29, 1.82) is 0 Å². The van der Waals surface area contributed by atoms with E-state index in [-0.39, 0.29) is 40.4 Å². The van der Waals surface area contributed by atoms with E-state index in [9.17, 15) is 14.3 Å². The van der Waals surface area contributed by atoms with Crippen molar-refractivity contribution in [3.63, 3.8) is 0 Å². The van der Waals surface area contributed by atoms with Crippen LogP contribution in [0.4, 0.5) is 27.7 Å². The predicted octanol–water partition coefficient (Wildman–Crippen LogP) is 4.00. The lowest BCUT2D eigenvalue weighted by Crippen LogP contribution is -2.42. The summed E-state index contributed by atoms with van der Waals surface area (Å²) in [5.41, 5.74) is 1.89. The van der Waals surface area contributed by atoms with Crippen LogP contribution in [-0.4, -0.2) is 38.6 Å². The van der Waals surface area contributed by atoms with Crippen molar-refractivity contribution >= 4 is 29.2 Å². The zero-order valence-electron chi connectivity index (χ0n) is 21.4. The van der Waals surface area contributed by atoms with Gasteiger partial charge in [0, 0.05) is 23.5 Å². The lowest BCUT2D eigenvalue weighted by molar-refractivity contribution is 0.0696. The molecule has 0 atom stereocenters. The van der Waals surface area contributed by atoms with E-state index in [2.05, 4.69) is 62.2 Å². The number of rotatable bonds is 7. The second kappa shape index (κ2) is 9.35. The van der Waals surface area contributed by atoms with Gasteiger partial charge in [-0.1, -0.05) is 6.07 Å². The van der Waals surface area contributed by atoms with E-state index in [1.54, 1.807) is 0 Å². The van der Waals surface area contributed by atoms with Crippen molar-refractivity contribution in [1.82, 2.24) is 25.6 Å². The maximum absolute atomic E-state index is 14.3. The minimum atomic E-state index is -1.48. The van der Waals surface area contributed by atoms with Gasteiger partial charge < -0.3 is 26.4 Å². The molecule has 10 heteroatoms. The molecule has 0 radical (unpaired) electrons. The van der Waals surface area contributed by atoms with Crippen molar-refractivity contribution in [3.05, 3.63) is 64.7 Å². The Morgan fingerprint density at radius 1 is 1.16 bits per heavy atom. The summed E-state index contributed by atoms with van der Waals surface area (Å²) in [5, 5.41) is 23.0. The molecule has 0 bridgehead atoms. The van der Waals surface area contributed by atoms with Crippen molar-refractivity contribution in [2.75, 3.05) is 17.2 Å². The molecule has 37 heavy (non-hydrogen) atoms. The van der Waals surface area contributed by atoms with Crippen LogP contribution < -0.4 is 21.3 Å². The van der Waals surface area contributed by atoms with Crippen LogP contribution in [0.15, 0.2) is 36.5 Å². The average Bonchev–Trinajstić information content (AvgIpc) is 3.63. The number of pyridine rings is 1. The standard InChI is InChI=1S/C27H32FN7O2/c1-26(2)19-8-7-17(13-15(19)11-12-30-26)32-25-29-14-18(24(36)31-16-5-6-16)23(35-25)34-21-10-9-20(28)22(33-21)27(3,4)37/h7-10,13-14,16,30,37H,5-6,11-12H2,1-4H3,(H,31,36)(H2,29,32,33,34,35). The number of fused-ring (bicyclic) bond motifs is 1. The SMILES string of the molecule is CC(C)(O)c1nc(Nc2nc(Nc3ccc4c(c3)CCNC4(C)C)ncc2C(=O)NC2CC2)ccc1F. The van der Waals surface area contributed by atoms with E-state index >= 15 is 0 Å². The van der Waals surface area contributed by atoms with Gasteiger partial charge in [0.05, 0.1) is 0 Å². The lowest BCUT2D eigenvalue weighted by atomic mass is 9.85. The highest BCUT2D eigenvalue weighted by atomic mass is 19.1. The minimum Gasteiger partial charge on any atom is -0.384 e. The normalized spacial score (nSPS) is 16.6. The van der Waals surface area contributed by atoms with E-state index in [4.69, 9.17) is 0 Å². The summed E-state index contributed by atoms with van der Waals surface area (Å²) in [7, 11) is 0. The number of amides is 1. The number of hydrogen-bond acceptors (Lipinski definition) is 8. The zero-order valence-corrected chi connectivity index (χ0v) is 21.4. The molecular weight excluding hydrogens is 473 g/mol. The second-order valence-electron chi connectivity index (χ2n) is 10.7. The maximum Gasteiger partial charge on any atom is 0.256 e. The van der Waals surface area contributed by atoms with Crippen molar-refractivity contribution in [3.8, 4) is 0 Å². The van der Waals surface area contributed by atoms with Gasteiger partial charge in [0.1, 0.15) is 34.3 Å². The van der Waals surface area contributed by atoms with E-state index in [1.807, 2.05) is 6.07 Å². The van der Waals surface area contributed by atoms with Gasteiger partial charge in [0.25, 0.3) is 5.91 Å². The van der Waals surface area contributed by atoms with E-state index < -0.39 is 11.4 Å². The average molecular weight is 506 g/mol. The summed E-state index contributed by atoms with van der Waals surface area (Å²) in [6.07, 6.45) is 4.26. The van der Waals surface area contributed by atoms with Gasteiger partial charge in [-0.3, -0.25) is 4.79 Å². The maximum atomic E-state index is 14.3. The summed E-state index contributed by atoms with van der Waals surface area (Å²) in [4.78, 5) is 26.1. The summed E-state index contributed by atoms with van der Waals surface area (Å²) in [5.74, 6) is -0.166. The Morgan fingerprint density at radius 3 is 2.68 bits per heavy atom. The van der Waals surface area contributed by atoms with Crippen LogP contribution in [-0.2, 0) is 17.6 Å². The van der Waals surface area contributed by atoms with E-state index in [0.29, 0.717) is 5.95 Å². The first-order valence-electron chi connectivity index (χ1n) is 12.5. The molecule has 3 aromatic rings. The smallest absolute Gasteiger partial charge is 0.256 e. The highest BCUT2D eigenvalue weighted by molar-refractivity contribution is 5.99. The first kappa shape index (κ1) is 25.0. The van der Waals surface area contributed by atoms with E-state index in [0.717, 1.165) is 31.5 Å². The topological polar surface area (TPSA) is 124 Å². The van der Waals surface area contributed by atoms with Gasteiger partial charge in [-0.15, -0.1) is 0 Å². The molecule has 5 N–H and O–H groups in total. The fourth-order valence-corrected chi connectivity index (χ4v) is 4.48. The minimum absolute atomic E-state index is 0.0968. The van der Waals surface area contributed by atoms with Gasteiger partial charge in [-0.2, -0.15) is 4.98 Å². The molecule has 1 amide bonds. The van der Waals surface area contributed by atoms with E-state index in [1.165, 1.54) is 43.3 Å². The fraction of sp³-hybridized carbons (Fsp3) is 0.407. The van der Waals surface area contributed by atoms with Gasteiger partial charge in [0.2, 0.25) is 5.95 Å². The Kier molecular flexibility index (Phi) is 6.33. The number of carbonyl (C=O) groups is 1. The Balaban J connectivity index is 1.46. The molecule has 1 fully saturated rings. The molecule has 3 heterocycles. The Morgan fingerprint density at radius 2 is 1.95 bits per heavy atom. The molecule has 1 saturated carbocycles. The molecule has 194 valence electrons. The van der Waals surface area contributed by atoms with Crippen molar-refractivity contribution in [2.24, 2.45) is 0 Å². The van der Waals surface area contributed by atoms with Crippen LogP contribution >= 0.6 is 0 Å². The highest BCUT2D eigenvalue weighted by Crippen LogP contribution is 2.31. The molecule has 9 nitrogen and oxygen atoms in total. The van der Waals surface area contributed by atoms with Crippen LogP contribution in [0.5, 0.6) is 0 Å². The van der Waals surface area contributed by atoms with Gasteiger partial charge in [-0.05, 0) is 88.9 Å². The van der Waals surface area contributed by atoms with Crippen LogP contribution in [0.25, 0.3) is 0 Å². The number of carbonyl (C=O) groups excluding carboxylic acids is 1.